The first-order valence-electron chi connectivity index (χ1n) is 7.85. The average Bonchev–Trinajstić information content (AvgIpc) is 2.83. The highest BCUT2D eigenvalue weighted by atomic mass is 35.5. The lowest BCUT2D eigenvalue weighted by molar-refractivity contribution is 0.726. The maximum atomic E-state index is 6.26. The van der Waals surface area contributed by atoms with E-state index in [0.29, 0.717) is 10.0 Å². The number of anilines is 1. The van der Waals surface area contributed by atoms with Crippen LogP contribution in [0, 0.1) is 6.92 Å². The Balaban J connectivity index is 1.80. The Bertz CT molecular complexity index is 686. The number of hydrogen-bond donors (Lipinski definition) is 0. The summed E-state index contributed by atoms with van der Waals surface area (Å²) in [5.74, 6) is 0.978. The van der Waals surface area contributed by atoms with Crippen LogP contribution >= 0.6 is 35.0 Å². The van der Waals surface area contributed by atoms with Crippen molar-refractivity contribution in [2.75, 3.05) is 18.0 Å². The summed E-state index contributed by atoms with van der Waals surface area (Å²) in [5, 5.41) is 1.99. The summed E-state index contributed by atoms with van der Waals surface area (Å²) in [4.78, 5) is 12.6. The molecule has 1 fully saturated rings. The molecule has 0 bridgehead atoms. The van der Waals surface area contributed by atoms with Crippen LogP contribution < -0.4 is 4.90 Å². The molecule has 0 unspecified atom stereocenters. The number of halogens is 2. The van der Waals surface area contributed by atoms with E-state index in [1.165, 1.54) is 37.4 Å². The highest BCUT2D eigenvalue weighted by Crippen LogP contribution is 2.37. The molecule has 1 aliphatic rings. The van der Waals surface area contributed by atoms with Crippen molar-refractivity contribution in [2.24, 2.45) is 0 Å². The fourth-order valence-corrected chi connectivity index (χ4v) is 4.00. The highest BCUT2D eigenvalue weighted by Gasteiger charge is 2.14. The van der Waals surface area contributed by atoms with Gasteiger partial charge in [-0.1, -0.05) is 53.9 Å². The van der Waals surface area contributed by atoms with Gasteiger partial charge in [-0.25, -0.2) is 9.97 Å². The van der Waals surface area contributed by atoms with E-state index in [-0.39, 0.29) is 0 Å². The summed E-state index contributed by atoms with van der Waals surface area (Å²) in [5.41, 5.74) is 0.924. The van der Waals surface area contributed by atoms with E-state index >= 15 is 0 Å². The lowest BCUT2D eigenvalue weighted by Crippen LogP contribution is -2.25. The van der Waals surface area contributed by atoms with E-state index in [1.54, 1.807) is 6.07 Å². The van der Waals surface area contributed by atoms with Crippen LogP contribution in [-0.4, -0.2) is 23.1 Å². The molecular weight excluding hydrogens is 349 g/mol. The molecular formula is C17H19Cl2N3S. The Morgan fingerprint density at radius 2 is 1.83 bits per heavy atom. The predicted molar refractivity (Wildman–Crippen MR) is 98.0 cm³/mol. The van der Waals surface area contributed by atoms with Crippen molar-refractivity contribution in [3.05, 3.63) is 40.1 Å². The zero-order valence-corrected chi connectivity index (χ0v) is 15.4. The van der Waals surface area contributed by atoms with Crippen LogP contribution in [0.25, 0.3) is 0 Å². The van der Waals surface area contributed by atoms with Gasteiger partial charge >= 0.3 is 0 Å². The molecule has 1 aromatic carbocycles. The van der Waals surface area contributed by atoms with Crippen molar-refractivity contribution in [3.63, 3.8) is 0 Å². The molecule has 23 heavy (non-hydrogen) atoms. The number of hydrogen-bond acceptors (Lipinski definition) is 4. The Hall–Kier alpha value is -0.970. The van der Waals surface area contributed by atoms with Crippen molar-refractivity contribution in [1.82, 2.24) is 9.97 Å². The molecule has 0 radical (unpaired) electrons. The van der Waals surface area contributed by atoms with E-state index < -0.39 is 0 Å². The smallest absolute Gasteiger partial charge is 0.147 e. The van der Waals surface area contributed by atoms with Crippen LogP contribution in [0.15, 0.2) is 34.3 Å². The van der Waals surface area contributed by atoms with Gasteiger partial charge < -0.3 is 4.90 Å². The normalized spacial score (nSPS) is 15.5. The molecule has 6 heteroatoms. The first-order valence-corrected chi connectivity index (χ1v) is 9.43. The van der Waals surface area contributed by atoms with Gasteiger partial charge in [-0.15, -0.1) is 0 Å². The molecule has 0 amide bonds. The summed E-state index contributed by atoms with van der Waals surface area (Å²) >= 11 is 13.8. The first-order chi connectivity index (χ1) is 11.1. The first kappa shape index (κ1) is 16.9. The number of nitrogens with zero attached hydrogens (tertiary/aromatic N) is 3. The van der Waals surface area contributed by atoms with Gasteiger partial charge in [0.25, 0.3) is 0 Å². The lowest BCUT2D eigenvalue weighted by atomic mass is 10.2. The molecule has 3 nitrogen and oxygen atoms in total. The fraction of sp³-hybridized carbons (Fsp3) is 0.412. The maximum absolute atomic E-state index is 6.26. The molecule has 1 aromatic heterocycles. The Morgan fingerprint density at radius 3 is 2.52 bits per heavy atom. The molecule has 122 valence electrons. The van der Waals surface area contributed by atoms with E-state index in [4.69, 9.17) is 28.2 Å². The second-order valence-corrected chi connectivity index (χ2v) is 7.49. The largest absolute Gasteiger partial charge is 0.355 e. The van der Waals surface area contributed by atoms with Gasteiger partial charge in [0.15, 0.2) is 0 Å². The number of aromatic nitrogens is 2. The SMILES string of the molecule is Cc1nc(N2CCCCCC2)cnc1Sc1cccc(Cl)c1Cl. The molecule has 0 atom stereocenters. The van der Waals surface area contributed by atoms with Crippen molar-refractivity contribution in [1.29, 1.82) is 0 Å². The van der Waals surface area contributed by atoms with Gasteiger partial charge in [0.2, 0.25) is 0 Å². The third-order valence-electron chi connectivity index (χ3n) is 3.94. The lowest BCUT2D eigenvalue weighted by Gasteiger charge is -2.21. The van der Waals surface area contributed by atoms with Gasteiger partial charge in [0, 0.05) is 18.0 Å². The molecule has 0 spiro atoms. The van der Waals surface area contributed by atoms with Crippen molar-refractivity contribution < 1.29 is 0 Å². The van der Waals surface area contributed by atoms with Gasteiger partial charge in [0.1, 0.15) is 10.8 Å². The van der Waals surface area contributed by atoms with Crippen LogP contribution in [0.1, 0.15) is 31.4 Å². The zero-order valence-electron chi connectivity index (χ0n) is 13.1. The molecule has 0 aliphatic carbocycles. The molecule has 0 N–H and O–H groups in total. The van der Waals surface area contributed by atoms with Crippen LogP contribution in [0.4, 0.5) is 5.82 Å². The Labute approximate surface area is 151 Å². The second kappa shape index (κ2) is 7.73. The highest BCUT2D eigenvalue weighted by molar-refractivity contribution is 7.99. The minimum absolute atomic E-state index is 0.559. The van der Waals surface area contributed by atoms with E-state index in [9.17, 15) is 0 Å². The maximum Gasteiger partial charge on any atom is 0.147 e. The molecule has 0 saturated carbocycles. The average molecular weight is 368 g/mol. The van der Waals surface area contributed by atoms with Gasteiger partial charge in [-0.2, -0.15) is 0 Å². The number of benzene rings is 1. The minimum atomic E-state index is 0.559. The monoisotopic (exact) mass is 367 g/mol. The summed E-state index contributed by atoms with van der Waals surface area (Å²) in [6, 6.07) is 5.63. The van der Waals surface area contributed by atoms with Gasteiger partial charge in [0.05, 0.1) is 21.9 Å². The standard InChI is InChI=1S/C17H19Cl2N3S/c1-12-17(23-14-8-6-7-13(18)16(14)19)20-11-15(21-12)22-9-4-2-3-5-10-22/h6-8,11H,2-5,9-10H2,1H3. The third kappa shape index (κ3) is 4.11. The molecule has 3 rings (SSSR count). The number of aryl methyl sites for hydroxylation is 1. The van der Waals surface area contributed by atoms with Gasteiger partial charge in [-0.05, 0) is 31.9 Å². The summed E-state index contributed by atoms with van der Waals surface area (Å²) < 4.78 is 0. The van der Waals surface area contributed by atoms with Crippen LogP contribution in [0.2, 0.25) is 10.0 Å². The zero-order chi connectivity index (χ0) is 16.2. The van der Waals surface area contributed by atoms with Crippen molar-refractivity contribution in [2.45, 2.75) is 42.5 Å². The summed E-state index contributed by atoms with van der Waals surface area (Å²) in [6.45, 7) is 4.14. The van der Waals surface area contributed by atoms with Gasteiger partial charge in [-0.3, -0.25) is 0 Å². The molecule has 1 aliphatic heterocycles. The van der Waals surface area contributed by atoms with Crippen LogP contribution in [-0.2, 0) is 0 Å². The number of rotatable bonds is 3. The van der Waals surface area contributed by atoms with Crippen LogP contribution in [0.5, 0.6) is 0 Å². The van der Waals surface area contributed by atoms with Crippen LogP contribution in [0.3, 0.4) is 0 Å². The van der Waals surface area contributed by atoms with Crippen molar-refractivity contribution in [3.8, 4) is 0 Å². The quantitative estimate of drug-likeness (QED) is 0.703. The Kier molecular flexibility index (Phi) is 5.67. The molecule has 2 aromatic rings. The predicted octanol–water partition coefficient (Wildman–Crippen LogP) is 5.62. The second-order valence-electron chi connectivity index (χ2n) is 5.67. The summed E-state index contributed by atoms with van der Waals surface area (Å²) in [7, 11) is 0. The minimum Gasteiger partial charge on any atom is -0.355 e. The van der Waals surface area contributed by atoms with Crippen molar-refractivity contribution >= 4 is 40.8 Å². The fourth-order valence-electron chi connectivity index (χ4n) is 2.68. The Morgan fingerprint density at radius 1 is 1.09 bits per heavy atom. The molecule has 2 heterocycles. The topological polar surface area (TPSA) is 29.0 Å². The summed E-state index contributed by atoms with van der Waals surface area (Å²) in [6.07, 6.45) is 6.96. The van der Waals surface area contributed by atoms with E-state index in [1.807, 2.05) is 25.3 Å². The van der Waals surface area contributed by atoms with E-state index in [2.05, 4.69) is 9.88 Å². The molecule has 1 saturated heterocycles. The third-order valence-corrected chi connectivity index (χ3v) is 6.03. The van der Waals surface area contributed by atoms with E-state index in [0.717, 1.165) is 34.5 Å².